The Hall–Kier alpha value is -2.69. The van der Waals surface area contributed by atoms with Gasteiger partial charge in [-0.15, -0.1) is 0 Å². The number of nitrogens with zero attached hydrogens (tertiary/aromatic N) is 1. The molecule has 0 aromatic heterocycles. The highest BCUT2D eigenvalue weighted by Gasteiger charge is 2.38. The van der Waals surface area contributed by atoms with Crippen LogP contribution < -0.4 is 22.1 Å². The van der Waals surface area contributed by atoms with Gasteiger partial charge >= 0.3 is 5.97 Å². The minimum absolute atomic E-state index is 0.0722. The molecule has 1 fully saturated rings. The fourth-order valence-electron chi connectivity index (χ4n) is 3.28. The van der Waals surface area contributed by atoms with Crippen LogP contribution in [0.15, 0.2) is 0 Å². The van der Waals surface area contributed by atoms with Crippen LogP contribution in [0.2, 0.25) is 0 Å². The summed E-state index contributed by atoms with van der Waals surface area (Å²) in [5, 5.41) is 14.5. The SMILES string of the molecule is CCC(C)C(NC(=O)C(C)N)C(=O)NC(CCC(N)=O)C(=O)N1CCCC1C(=O)O. The number of hydrogen-bond acceptors (Lipinski definition) is 6. The van der Waals surface area contributed by atoms with Gasteiger partial charge in [-0.2, -0.15) is 0 Å². The second-order valence-corrected chi connectivity index (χ2v) is 7.75. The molecule has 170 valence electrons. The fourth-order valence-corrected chi connectivity index (χ4v) is 3.28. The van der Waals surface area contributed by atoms with Crippen LogP contribution in [-0.2, 0) is 24.0 Å². The van der Waals surface area contributed by atoms with Crippen molar-refractivity contribution < 1.29 is 29.1 Å². The van der Waals surface area contributed by atoms with Crippen LogP contribution in [0.3, 0.4) is 0 Å². The van der Waals surface area contributed by atoms with E-state index in [-0.39, 0.29) is 25.3 Å². The first-order valence-corrected chi connectivity index (χ1v) is 10.2. The molecule has 11 nitrogen and oxygen atoms in total. The first kappa shape index (κ1) is 25.3. The van der Waals surface area contributed by atoms with E-state index in [9.17, 15) is 29.1 Å². The zero-order chi connectivity index (χ0) is 23.0. The molecule has 0 aromatic rings. The van der Waals surface area contributed by atoms with Gasteiger partial charge in [-0.1, -0.05) is 20.3 Å². The molecule has 0 aromatic carbocycles. The Morgan fingerprint density at radius 2 is 1.77 bits per heavy atom. The largest absolute Gasteiger partial charge is 0.480 e. The van der Waals surface area contributed by atoms with Crippen molar-refractivity contribution in [2.24, 2.45) is 17.4 Å². The number of carboxylic acid groups (broad SMARTS) is 1. The Kier molecular flexibility index (Phi) is 9.70. The van der Waals surface area contributed by atoms with Gasteiger partial charge in [0, 0.05) is 13.0 Å². The molecule has 1 aliphatic rings. The summed E-state index contributed by atoms with van der Waals surface area (Å²) in [4.78, 5) is 61.8. The van der Waals surface area contributed by atoms with E-state index in [0.717, 1.165) is 0 Å². The second kappa shape index (κ2) is 11.5. The van der Waals surface area contributed by atoms with Crippen molar-refractivity contribution in [2.45, 2.75) is 77.0 Å². The highest BCUT2D eigenvalue weighted by molar-refractivity contribution is 5.94. The molecule has 1 saturated heterocycles. The van der Waals surface area contributed by atoms with Crippen molar-refractivity contribution in [3.05, 3.63) is 0 Å². The second-order valence-electron chi connectivity index (χ2n) is 7.75. The van der Waals surface area contributed by atoms with Crippen molar-refractivity contribution in [3.63, 3.8) is 0 Å². The number of hydrogen-bond donors (Lipinski definition) is 5. The van der Waals surface area contributed by atoms with Crippen molar-refractivity contribution in [2.75, 3.05) is 6.54 Å². The van der Waals surface area contributed by atoms with Crippen LogP contribution in [-0.4, -0.2) is 70.3 Å². The summed E-state index contributed by atoms with van der Waals surface area (Å²) >= 11 is 0. The van der Waals surface area contributed by atoms with Crippen LogP contribution in [0.5, 0.6) is 0 Å². The summed E-state index contributed by atoms with van der Waals surface area (Å²) in [5.41, 5.74) is 10.8. The molecule has 5 atom stereocenters. The number of amides is 4. The number of nitrogens with two attached hydrogens (primary N) is 2. The predicted molar refractivity (Wildman–Crippen MR) is 108 cm³/mol. The third-order valence-corrected chi connectivity index (χ3v) is 5.32. The number of nitrogens with one attached hydrogen (secondary N) is 2. The molecule has 0 saturated carbocycles. The van der Waals surface area contributed by atoms with Crippen LogP contribution in [0.1, 0.15) is 52.9 Å². The molecule has 0 aliphatic carbocycles. The van der Waals surface area contributed by atoms with Gasteiger partial charge in [-0.25, -0.2) is 4.79 Å². The Balaban J connectivity index is 3.04. The first-order chi connectivity index (χ1) is 14.0. The lowest BCUT2D eigenvalue weighted by Crippen LogP contribution is -2.58. The summed E-state index contributed by atoms with van der Waals surface area (Å²) in [6.07, 6.45) is 1.18. The topological polar surface area (TPSA) is 185 Å². The smallest absolute Gasteiger partial charge is 0.326 e. The molecule has 7 N–H and O–H groups in total. The molecular weight excluding hydrogens is 394 g/mol. The molecule has 30 heavy (non-hydrogen) atoms. The van der Waals surface area contributed by atoms with E-state index in [1.165, 1.54) is 11.8 Å². The van der Waals surface area contributed by atoms with E-state index in [1.807, 2.05) is 6.92 Å². The highest BCUT2D eigenvalue weighted by Crippen LogP contribution is 2.20. The zero-order valence-electron chi connectivity index (χ0n) is 17.7. The first-order valence-electron chi connectivity index (χ1n) is 10.2. The number of carboxylic acids is 1. The van der Waals surface area contributed by atoms with Crippen molar-refractivity contribution in [1.82, 2.24) is 15.5 Å². The predicted octanol–water partition coefficient (Wildman–Crippen LogP) is -1.31. The Bertz CT molecular complexity index is 668. The molecular formula is C19H33N5O6. The van der Waals surface area contributed by atoms with Gasteiger partial charge in [-0.3, -0.25) is 19.2 Å². The maximum Gasteiger partial charge on any atom is 0.326 e. The quantitative estimate of drug-likeness (QED) is 0.271. The van der Waals surface area contributed by atoms with Gasteiger partial charge in [0.2, 0.25) is 23.6 Å². The monoisotopic (exact) mass is 427 g/mol. The van der Waals surface area contributed by atoms with Gasteiger partial charge in [0.1, 0.15) is 18.1 Å². The summed E-state index contributed by atoms with van der Waals surface area (Å²) in [5.74, 6) is -3.73. The number of likely N-dealkylation sites (tertiary alicyclic amines) is 1. The van der Waals surface area contributed by atoms with E-state index in [0.29, 0.717) is 19.3 Å². The van der Waals surface area contributed by atoms with Gasteiger partial charge < -0.3 is 32.1 Å². The van der Waals surface area contributed by atoms with Crippen LogP contribution in [0.25, 0.3) is 0 Å². The molecule has 5 unspecified atom stereocenters. The molecule has 0 bridgehead atoms. The third kappa shape index (κ3) is 6.97. The van der Waals surface area contributed by atoms with E-state index in [2.05, 4.69) is 10.6 Å². The van der Waals surface area contributed by atoms with Crippen molar-refractivity contribution in [3.8, 4) is 0 Å². The minimum atomic E-state index is -1.14. The van der Waals surface area contributed by atoms with E-state index in [1.54, 1.807) is 6.92 Å². The summed E-state index contributed by atoms with van der Waals surface area (Å²) in [6.45, 7) is 5.35. The fraction of sp³-hybridized carbons (Fsp3) is 0.737. The number of carbonyl (C=O) groups is 5. The van der Waals surface area contributed by atoms with E-state index in [4.69, 9.17) is 11.5 Å². The number of primary amides is 1. The lowest BCUT2D eigenvalue weighted by atomic mass is 9.97. The molecule has 4 amide bonds. The summed E-state index contributed by atoms with van der Waals surface area (Å²) < 4.78 is 0. The average molecular weight is 428 g/mol. The molecule has 0 spiro atoms. The van der Waals surface area contributed by atoms with Crippen molar-refractivity contribution >= 4 is 29.6 Å². The normalized spacial score (nSPS) is 20.0. The lowest BCUT2D eigenvalue weighted by Gasteiger charge is -2.30. The summed E-state index contributed by atoms with van der Waals surface area (Å²) in [6, 6.07) is -3.87. The van der Waals surface area contributed by atoms with E-state index >= 15 is 0 Å². The maximum atomic E-state index is 13.0. The van der Waals surface area contributed by atoms with Gasteiger partial charge in [0.25, 0.3) is 0 Å². The minimum Gasteiger partial charge on any atom is -0.480 e. The Morgan fingerprint density at radius 1 is 1.13 bits per heavy atom. The van der Waals surface area contributed by atoms with Gasteiger partial charge in [-0.05, 0) is 32.1 Å². The molecule has 11 heteroatoms. The zero-order valence-corrected chi connectivity index (χ0v) is 17.7. The van der Waals surface area contributed by atoms with Crippen molar-refractivity contribution in [1.29, 1.82) is 0 Å². The van der Waals surface area contributed by atoms with Gasteiger partial charge in [0.15, 0.2) is 0 Å². The van der Waals surface area contributed by atoms with Crippen LogP contribution >= 0.6 is 0 Å². The standard InChI is InChI=1S/C19H33N5O6/c1-4-10(2)15(23-16(26)11(3)20)17(27)22-12(7-8-14(21)25)18(28)24-9-5-6-13(24)19(29)30/h10-13,15H,4-9,20H2,1-3H3,(H2,21,25)(H,22,27)(H,23,26)(H,29,30). The molecule has 1 aliphatic heterocycles. The number of rotatable bonds is 11. The Labute approximate surface area is 175 Å². The average Bonchev–Trinajstić information content (AvgIpc) is 3.17. The number of aliphatic carboxylic acids is 1. The maximum absolute atomic E-state index is 13.0. The molecule has 1 heterocycles. The Morgan fingerprint density at radius 3 is 2.27 bits per heavy atom. The lowest BCUT2D eigenvalue weighted by molar-refractivity contribution is -0.149. The highest BCUT2D eigenvalue weighted by atomic mass is 16.4. The molecule has 0 radical (unpaired) electrons. The molecule has 1 rings (SSSR count). The van der Waals surface area contributed by atoms with Crippen LogP contribution in [0.4, 0.5) is 0 Å². The third-order valence-electron chi connectivity index (χ3n) is 5.32. The van der Waals surface area contributed by atoms with E-state index < -0.39 is 53.8 Å². The van der Waals surface area contributed by atoms with Crippen LogP contribution in [0, 0.1) is 5.92 Å². The van der Waals surface area contributed by atoms with Gasteiger partial charge in [0.05, 0.1) is 6.04 Å². The number of carbonyl (C=O) groups excluding carboxylic acids is 4. The summed E-state index contributed by atoms with van der Waals surface area (Å²) in [7, 11) is 0.